The van der Waals surface area contributed by atoms with E-state index in [4.69, 9.17) is 13.9 Å². The summed E-state index contributed by atoms with van der Waals surface area (Å²) in [5, 5.41) is 4.71. The van der Waals surface area contributed by atoms with Crippen LogP contribution in [0.3, 0.4) is 0 Å². The molecule has 2 aromatic rings. The van der Waals surface area contributed by atoms with Crippen LogP contribution >= 0.6 is 0 Å². The number of ether oxygens (including phenoxy) is 2. The molecule has 1 aromatic heterocycles. The molecule has 21 heavy (non-hydrogen) atoms. The Morgan fingerprint density at radius 3 is 2.90 bits per heavy atom. The van der Waals surface area contributed by atoms with Gasteiger partial charge in [0.2, 0.25) is 0 Å². The monoisotopic (exact) mass is 289 g/mol. The Labute approximate surface area is 125 Å². The van der Waals surface area contributed by atoms with E-state index in [1.165, 1.54) is 6.42 Å². The molecule has 4 nitrogen and oxygen atoms in total. The summed E-state index contributed by atoms with van der Waals surface area (Å²) in [6, 6.07) is 8.60. The Hall–Kier alpha value is -1.52. The van der Waals surface area contributed by atoms with E-state index >= 15 is 0 Å². The van der Waals surface area contributed by atoms with E-state index in [1.807, 2.05) is 18.2 Å². The van der Waals surface area contributed by atoms with E-state index in [2.05, 4.69) is 18.3 Å². The van der Waals surface area contributed by atoms with E-state index in [9.17, 15) is 0 Å². The second-order valence-corrected chi connectivity index (χ2v) is 5.73. The molecule has 4 heteroatoms. The normalized spacial score (nSPS) is 23.6. The molecule has 0 bridgehead atoms. The fourth-order valence-corrected chi connectivity index (χ4v) is 3.23. The molecular weight excluding hydrogens is 266 g/mol. The zero-order valence-electron chi connectivity index (χ0n) is 12.9. The molecule has 1 N–H and O–H groups in total. The quantitative estimate of drug-likeness (QED) is 0.912. The fourth-order valence-electron chi connectivity index (χ4n) is 3.23. The van der Waals surface area contributed by atoms with Crippen molar-refractivity contribution in [3.05, 3.63) is 30.0 Å². The minimum atomic E-state index is 0.155. The summed E-state index contributed by atoms with van der Waals surface area (Å²) in [7, 11) is 3.46. The lowest BCUT2D eigenvalue weighted by atomic mass is 10.1. The van der Waals surface area contributed by atoms with E-state index in [-0.39, 0.29) is 6.04 Å². The van der Waals surface area contributed by atoms with Crippen molar-refractivity contribution in [2.24, 2.45) is 0 Å². The molecule has 1 fully saturated rings. The van der Waals surface area contributed by atoms with Crippen molar-refractivity contribution in [3.8, 4) is 5.75 Å². The molecule has 0 spiro atoms. The molecule has 0 amide bonds. The highest BCUT2D eigenvalue weighted by atomic mass is 16.5. The molecule has 1 saturated carbocycles. The predicted octanol–water partition coefficient (Wildman–Crippen LogP) is 3.66. The number of benzene rings is 1. The lowest BCUT2D eigenvalue weighted by Gasteiger charge is -2.23. The van der Waals surface area contributed by atoms with Crippen molar-refractivity contribution in [1.82, 2.24) is 5.32 Å². The number of rotatable bonds is 5. The average Bonchev–Trinajstić information content (AvgIpc) is 3.12. The topological polar surface area (TPSA) is 43.6 Å². The molecule has 0 saturated heterocycles. The highest BCUT2D eigenvalue weighted by Gasteiger charge is 2.29. The molecule has 0 radical (unpaired) electrons. The second-order valence-electron chi connectivity index (χ2n) is 5.73. The Morgan fingerprint density at radius 1 is 1.29 bits per heavy atom. The van der Waals surface area contributed by atoms with E-state index in [0.717, 1.165) is 35.3 Å². The van der Waals surface area contributed by atoms with Crippen LogP contribution in [0.1, 0.15) is 38.0 Å². The molecule has 3 atom stereocenters. The van der Waals surface area contributed by atoms with Gasteiger partial charge in [-0.05, 0) is 38.3 Å². The first-order valence-corrected chi connectivity index (χ1v) is 7.58. The van der Waals surface area contributed by atoms with Gasteiger partial charge in [0.1, 0.15) is 5.76 Å². The molecule has 0 aliphatic heterocycles. The Balaban J connectivity index is 1.80. The number of methoxy groups -OCH3 is 2. The first kappa shape index (κ1) is 14.4. The molecule has 1 heterocycles. The summed E-state index contributed by atoms with van der Waals surface area (Å²) < 4.78 is 16.9. The van der Waals surface area contributed by atoms with Crippen molar-refractivity contribution < 1.29 is 13.9 Å². The van der Waals surface area contributed by atoms with Crippen LogP contribution < -0.4 is 10.1 Å². The van der Waals surface area contributed by atoms with Crippen molar-refractivity contribution in [3.63, 3.8) is 0 Å². The molecule has 1 aromatic carbocycles. The highest BCUT2D eigenvalue weighted by Crippen LogP contribution is 2.32. The largest absolute Gasteiger partial charge is 0.493 e. The van der Waals surface area contributed by atoms with Crippen LogP contribution in [0, 0.1) is 0 Å². The molecule has 3 unspecified atom stereocenters. The van der Waals surface area contributed by atoms with Crippen LogP contribution in [0.4, 0.5) is 0 Å². The minimum absolute atomic E-state index is 0.155. The van der Waals surface area contributed by atoms with Crippen LogP contribution in [-0.2, 0) is 4.74 Å². The van der Waals surface area contributed by atoms with Crippen molar-refractivity contribution in [1.29, 1.82) is 0 Å². The zero-order valence-corrected chi connectivity index (χ0v) is 12.9. The first-order chi connectivity index (χ1) is 10.2. The van der Waals surface area contributed by atoms with Crippen LogP contribution in [0.15, 0.2) is 28.7 Å². The fraction of sp³-hybridized carbons (Fsp3) is 0.529. The number of furan rings is 1. The summed E-state index contributed by atoms with van der Waals surface area (Å²) in [6.45, 7) is 2.13. The van der Waals surface area contributed by atoms with Gasteiger partial charge in [-0.15, -0.1) is 0 Å². The number of para-hydroxylation sites is 1. The number of hydrogen-bond acceptors (Lipinski definition) is 4. The Kier molecular flexibility index (Phi) is 4.17. The molecule has 3 rings (SSSR count). The van der Waals surface area contributed by atoms with Gasteiger partial charge in [0.25, 0.3) is 0 Å². The van der Waals surface area contributed by atoms with Crippen molar-refractivity contribution >= 4 is 11.0 Å². The van der Waals surface area contributed by atoms with Crippen molar-refractivity contribution in [2.75, 3.05) is 14.2 Å². The van der Waals surface area contributed by atoms with Crippen LogP contribution in [0.5, 0.6) is 5.75 Å². The maximum atomic E-state index is 6.00. The maximum Gasteiger partial charge on any atom is 0.176 e. The first-order valence-electron chi connectivity index (χ1n) is 7.58. The second kappa shape index (κ2) is 6.08. The summed E-state index contributed by atoms with van der Waals surface area (Å²) >= 11 is 0. The van der Waals surface area contributed by atoms with Crippen LogP contribution in [0.25, 0.3) is 11.0 Å². The highest BCUT2D eigenvalue weighted by molar-refractivity contribution is 5.83. The third-order valence-electron chi connectivity index (χ3n) is 4.39. The van der Waals surface area contributed by atoms with Gasteiger partial charge < -0.3 is 19.2 Å². The Bertz CT molecular complexity index is 607. The van der Waals surface area contributed by atoms with Gasteiger partial charge in [-0.3, -0.25) is 0 Å². The van der Waals surface area contributed by atoms with E-state index in [1.54, 1.807) is 14.2 Å². The van der Waals surface area contributed by atoms with Crippen LogP contribution in [0.2, 0.25) is 0 Å². The SMILES string of the molecule is COc1cccc2cc(C(C)NC3CCCC3OC)oc12. The lowest BCUT2D eigenvalue weighted by Crippen LogP contribution is -2.38. The maximum absolute atomic E-state index is 6.00. The Morgan fingerprint density at radius 2 is 2.14 bits per heavy atom. The van der Waals surface area contributed by atoms with Crippen LogP contribution in [-0.4, -0.2) is 26.4 Å². The summed E-state index contributed by atoms with van der Waals surface area (Å²) in [5.41, 5.74) is 0.818. The van der Waals surface area contributed by atoms with Gasteiger partial charge in [-0.1, -0.05) is 12.1 Å². The predicted molar refractivity (Wildman–Crippen MR) is 82.8 cm³/mol. The smallest absolute Gasteiger partial charge is 0.176 e. The number of hydrogen-bond donors (Lipinski definition) is 1. The van der Waals surface area contributed by atoms with E-state index < -0.39 is 0 Å². The average molecular weight is 289 g/mol. The molecule has 1 aliphatic rings. The molecule has 114 valence electrons. The summed E-state index contributed by atoms with van der Waals surface area (Å²) in [6.07, 6.45) is 3.82. The standard InChI is InChI=1S/C17H23NO3/c1-11(18-13-7-5-8-14(13)19-2)16-10-12-6-4-9-15(20-3)17(12)21-16/h4,6,9-11,13-14,18H,5,7-8H2,1-3H3. The third-order valence-corrected chi connectivity index (χ3v) is 4.39. The van der Waals surface area contributed by atoms with Gasteiger partial charge in [-0.25, -0.2) is 0 Å². The third kappa shape index (κ3) is 2.78. The van der Waals surface area contributed by atoms with Gasteiger partial charge in [-0.2, -0.15) is 0 Å². The van der Waals surface area contributed by atoms with Gasteiger partial charge in [0, 0.05) is 18.5 Å². The lowest BCUT2D eigenvalue weighted by molar-refractivity contribution is 0.0811. The van der Waals surface area contributed by atoms with Gasteiger partial charge >= 0.3 is 0 Å². The van der Waals surface area contributed by atoms with Gasteiger partial charge in [0.15, 0.2) is 11.3 Å². The number of fused-ring (bicyclic) bond motifs is 1. The molecule has 1 aliphatic carbocycles. The molecular formula is C17H23NO3. The zero-order chi connectivity index (χ0) is 14.8. The minimum Gasteiger partial charge on any atom is -0.493 e. The van der Waals surface area contributed by atoms with E-state index in [0.29, 0.717) is 12.1 Å². The summed E-state index contributed by atoms with van der Waals surface area (Å²) in [5.74, 6) is 1.72. The summed E-state index contributed by atoms with van der Waals surface area (Å²) in [4.78, 5) is 0. The number of nitrogens with one attached hydrogen (secondary N) is 1. The van der Waals surface area contributed by atoms with Gasteiger partial charge in [0.05, 0.1) is 19.3 Å². The van der Waals surface area contributed by atoms with Crippen molar-refractivity contribution in [2.45, 2.75) is 44.4 Å².